The Hall–Kier alpha value is -0.380. The highest BCUT2D eigenvalue weighted by molar-refractivity contribution is 9.10. The molecule has 72 valence electrons. The molecular formula is C10H15BrN2. The van der Waals surface area contributed by atoms with E-state index in [1.807, 2.05) is 0 Å². The molecule has 0 atom stereocenters. The van der Waals surface area contributed by atoms with Crippen LogP contribution in [-0.2, 0) is 6.54 Å². The molecule has 0 radical (unpaired) electrons. The van der Waals surface area contributed by atoms with Gasteiger partial charge in [-0.25, -0.2) is 0 Å². The van der Waals surface area contributed by atoms with E-state index >= 15 is 0 Å². The average Bonchev–Trinajstić information content (AvgIpc) is 2.12. The van der Waals surface area contributed by atoms with Crippen LogP contribution in [-0.4, -0.2) is 13.1 Å². The molecule has 3 N–H and O–H groups in total. The SMILES string of the molecule is Cc1cc(CNCCN)ccc1Br. The number of hydrogen-bond donors (Lipinski definition) is 2. The number of nitrogens with two attached hydrogens (primary N) is 1. The quantitative estimate of drug-likeness (QED) is 0.791. The van der Waals surface area contributed by atoms with Crippen LogP contribution in [0.15, 0.2) is 22.7 Å². The number of benzene rings is 1. The standard InChI is InChI=1S/C10H15BrN2/c1-8-6-9(2-3-10(8)11)7-13-5-4-12/h2-3,6,13H,4-5,7,12H2,1H3. The van der Waals surface area contributed by atoms with Gasteiger partial charge in [-0.15, -0.1) is 0 Å². The van der Waals surface area contributed by atoms with Crippen LogP contribution in [0.1, 0.15) is 11.1 Å². The lowest BCUT2D eigenvalue weighted by molar-refractivity contribution is 0.694. The van der Waals surface area contributed by atoms with E-state index in [1.54, 1.807) is 0 Å². The minimum atomic E-state index is 0.690. The summed E-state index contributed by atoms with van der Waals surface area (Å²) in [5.74, 6) is 0. The van der Waals surface area contributed by atoms with E-state index in [4.69, 9.17) is 5.73 Å². The summed E-state index contributed by atoms with van der Waals surface area (Å²) < 4.78 is 1.16. The molecule has 0 aliphatic rings. The smallest absolute Gasteiger partial charge is 0.0206 e. The number of rotatable bonds is 4. The summed E-state index contributed by atoms with van der Waals surface area (Å²) in [6.07, 6.45) is 0. The lowest BCUT2D eigenvalue weighted by atomic mass is 10.1. The predicted molar refractivity (Wildman–Crippen MR) is 59.6 cm³/mol. The van der Waals surface area contributed by atoms with E-state index in [-0.39, 0.29) is 0 Å². The van der Waals surface area contributed by atoms with Gasteiger partial charge in [-0.05, 0) is 24.1 Å². The molecule has 0 unspecified atom stereocenters. The minimum Gasteiger partial charge on any atom is -0.329 e. The summed E-state index contributed by atoms with van der Waals surface area (Å²) in [7, 11) is 0. The fourth-order valence-electron chi connectivity index (χ4n) is 1.15. The van der Waals surface area contributed by atoms with Crippen molar-refractivity contribution >= 4 is 15.9 Å². The molecule has 0 fully saturated rings. The zero-order chi connectivity index (χ0) is 9.68. The summed E-state index contributed by atoms with van der Waals surface area (Å²) in [6.45, 7) is 4.55. The highest BCUT2D eigenvalue weighted by Crippen LogP contribution is 2.16. The van der Waals surface area contributed by atoms with Gasteiger partial charge >= 0.3 is 0 Å². The molecular weight excluding hydrogens is 228 g/mol. The average molecular weight is 243 g/mol. The van der Waals surface area contributed by atoms with Crippen LogP contribution in [0.4, 0.5) is 0 Å². The molecule has 1 aromatic rings. The fourth-order valence-corrected chi connectivity index (χ4v) is 1.40. The van der Waals surface area contributed by atoms with E-state index < -0.39 is 0 Å². The lowest BCUT2D eigenvalue weighted by Gasteiger charge is -2.05. The summed E-state index contributed by atoms with van der Waals surface area (Å²) in [6, 6.07) is 6.36. The summed E-state index contributed by atoms with van der Waals surface area (Å²) in [5.41, 5.74) is 7.95. The Balaban J connectivity index is 2.53. The Kier molecular flexibility index (Phi) is 4.42. The highest BCUT2D eigenvalue weighted by atomic mass is 79.9. The molecule has 3 heteroatoms. The lowest BCUT2D eigenvalue weighted by Crippen LogP contribution is -2.21. The maximum Gasteiger partial charge on any atom is 0.0206 e. The van der Waals surface area contributed by atoms with Crippen molar-refractivity contribution in [1.82, 2.24) is 5.32 Å². The molecule has 1 aromatic carbocycles. The van der Waals surface area contributed by atoms with Crippen LogP contribution >= 0.6 is 15.9 Å². The zero-order valence-corrected chi connectivity index (χ0v) is 9.39. The van der Waals surface area contributed by atoms with Gasteiger partial charge in [0.15, 0.2) is 0 Å². The Morgan fingerprint density at radius 3 is 2.85 bits per heavy atom. The monoisotopic (exact) mass is 242 g/mol. The number of halogens is 1. The second kappa shape index (κ2) is 5.37. The van der Waals surface area contributed by atoms with E-state index in [2.05, 4.69) is 46.4 Å². The van der Waals surface area contributed by atoms with Crippen LogP contribution in [0.25, 0.3) is 0 Å². The third-order valence-corrected chi connectivity index (χ3v) is 2.76. The van der Waals surface area contributed by atoms with E-state index in [9.17, 15) is 0 Å². The second-order valence-electron chi connectivity index (χ2n) is 3.05. The third kappa shape index (κ3) is 3.46. The van der Waals surface area contributed by atoms with Crippen LogP contribution in [0, 0.1) is 6.92 Å². The van der Waals surface area contributed by atoms with Gasteiger partial charge in [-0.3, -0.25) is 0 Å². The van der Waals surface area contributed by atoms with Crippen LogP contribution in [0.2, 0.25) is 0 Å². The maximum atomic E-state index is 5.38. The number of aryl methyl sites for hydroxylation is 1. The molecule has 0 bridgehead atoms. The Morgan fingerprint density at radius 2 is 2.23 bits per heavy atom. The van der Waals surface area contributed by atoms with Gasteiger partial charge in [0.25, 0.3) is 0 Å². The molecule has 13 heavy (non-hydrogen) atoms. The van der Waals surface area contributed by atoms with Gasteiger partial charge in [-0.1, -0.05) is 28.1 Å². The number of nitrogens with one attached hydrogen (secondary N) is 1. The van der Waals surface area contributed by atoms with Crippen molar-refractivity contribution in [3.8, 4) is 0 Å². The van der Waals surface area contributed by atoms with Gasteiger partial charge < -0.3 is 11.1 Å². The molecule has 0 saturated carbocycles. The summed E-state index contributed by atoms with van der Waals surface area (Å²) in [4.78, 5) is 0. The van der Waals surface area contributed by atoms with E-state index in [1.165, 1.54) is 11.1 Å². The third-order valence-electron chi connectivity index (χ3n) is 1.87. The van der Waals surface area contributed by atoms with Crippen molar-refractivity contribution in [1.29, 1.82) is 0 Å². The van der Waals surface area contributed by atoms with Gasteiger partial charge in [-0.2, -0.15) is 0 Å². The van der Waals surface area contributed by atoms with Crippen molar-refractivity contribution in [3.63, 3.8) is 0 Å². The number of hydrogen-bond acceptors (Lipinski definition) is 2. The maximum absolute atomic E-state index is 5.38. The summed E-state index contributed by atoms with van der Waals surface area (Å²) in [5, 5.41) is 3.26. The Bertz CT molecular complexity index is 274. The molecule has 0 saturated heterocycles. The molecule has 0 amide bonds. The van der Waals surface area contributed by atoms with Gasteiger partial charge in [0.2, 0.25) is 0 Å². The van der Waals surface area contributed by atoms with Crippen molar-refractivity contribution in [2.75, 3.05) is 13.1 Å². The topological polar surface area (TPSA) is 38.0 Å². The first-order valence-corrected chi connectivity index (χ1v) is 5.19. The minimum absolute atomic E-state index is 0.690. The van der Waals surface area contributed by atoms with Gasteiger partial charge in [0.1, 0.15) is 0 Å². The van der Waals surface area contributed by atoms with Crippen molar-refractivity contribution in [2.24, 2.45) is 5.73 Å². The molecule has 0 aromatic heterocycles. The first-order chi connectivity index (χ1) is 6.24. The van der Waals surface area contributed by atoms with Gasteiger partial charge in [0, 0.05) is 24.1 Å². The highest BCUT2D eigenvalue weighted by Gasteiger charge is 1.96. The largest absolute Gasteiger partial charge is 0.329 e. The van der Waals surface area contributed by atoms with E-state index in [0.717, 1.165) is 17.6 Å². The molecule has 0 aliphatic carbocycles. The zero-order valence-electron chi connectivity index (χ0n) is 7.81. The van der Waals surface area contributed by atoms with Crippen LogP contribution in [0.5, 0.6) is 0 Å². The predicted octanol–water partition coefficient (Wildman–Crippen LogP) is 1.81. The van der Waals surface area contributed by atoms with Crippen LogP contribution < -0.4 is 11.1 Å². The fraction of sp³-hybridized carbons (Fsp3) is 0.400. The molecule has 2 nitrogen and oxygen atoms in total. The van der Waals surface area contributed by atoms with Crippen molar-refractivity contribution < 1.29 is 0 Å². The molecule has 0 aliphatic heterocycles. The molecule has 1 rings (SSSR count). The Morgan fingerprint density at radius 1 is 1.46 bits per heavy atom. The van der Waals surface area contributed by atoms with Crippen molar-refractivity contribution in [3.05, 3.63) is 33.8 Å². The van der Waals surface area contributed by atoms with Gasteiger partial charge in [0.05, 0.1) is 0 Å². The molecule has 0 heterocycles. The first-order valence-electron chi connectivity index (χ1n) is 4.40. The second-order valence-corrected chi connectivity index (χ2v) is 3.90. The van der Waals surface area contributed by atoms with Crippen molar-refractivity contribution in [2.45, 2.75) is 13.5 Å². The molecule has 0 spiro atoms. The summed E-state index contributed by atoms with van der Waals surface area (Å²) >= 11 is 3.47. The normalized spacial score (nSPS) is 10.4. The van der Waals surface area contributed by atoms with Crippen LogP contribution in [0.3, 0.4) is 0 Å². The Labute approximate surface area is 87.6 Å². The van der Waals surface area contributed by atoms with E-state index in [0.29, 0.717) is 6.54 Å². The first kappa shape index (κ1) is 10.7.